The molecule has 1 aromatic carbocycles. The van der Waals surface area contributed by atoms with Crippen LogP contribution in [0.5, 0.6) is 0 Å². The lowest BCUT2D eigenvalue weighted by molar-refractivity contribution is -0.126. The van der Waals surface area contributed by atoms with Crippen molar-refractivity contribution in [3.05, 3.63) is 29.8 Å². The van der Waals surface area contributed by atoms with Crippen molar-refractivity contribution in [2.24, 2.45) is 0 Å². The van der Waals surface area contributed by atoms with E-state index in [0.717, 1.165) is 24.2 Å². The third-order valence-electron chi connectivity index (χ3n) is 4.97. The highest BCUT2D eigenvalue weighted by Crippen LogP contribution is 2.31. The van der Waals surface area contributed by atoms with E-state index < -0.39 is 0 Å². The van der Waals surface area contributed by atoms with E-state index in [9.17, 15) is 9.59 Å². The molecule has 0 radical (unpaired) electrons. The molecule has 2 heterocycles. The van der Waals surface area contributed by atoms with Crippen LogP contribution in [0.3, 0.4) is 0 Å². The van der Waals surface area contributed by atoms with Crippen LogP contribution in [-0.2, 0) is 9.59 Å². The number of nitrogens with zero attached hydrogens (tertiary/aromatic N) is 1. The summed E-state index contributed by atoms with van der Waals surface area (Å²) in [6, 6.07) is 7.57. The molecule has 24 heavy (non-hydrogen) atoms. The van der Waals surface area contributed by atoms with E-state index in [1.165, 1.54) is 38.8 Å². The molecule has 0 saturated carbocycles. The third kappa shape index (κ3) is 4.35. The van der Waals surface area contributed by atoms with Crippen molar-refractivity contribution in [1.29, 1.82) is 0 Å². The monoisotopic (exact) mass is 329 g/mol. The summed E-state index contributed by atoms with van der Waals surface area (Å²) >= 11 is 0. The van der Waals surface area contributed by atoms with Crippen molar-refractivity contribution >= 4 is 17.5 Å². The molecule has 0 aromatic heterocycles. The van der Waals surface area contributed by atoms with Gasteiger partial charge in [0.15, 0.2) is 0 Å². The molecule has 2 amide bonds. The number of anilines is 1. The first-order chi connectivity index (χ1) is 11.7. The second-order valence-electron chi connectivity index (χ2n) is 6.79. The average Bonchev–Trinajstić information content (AvgIpc) is 2.86. The summed E-state index contributed by atoms with van der Waals surface area (Å²) in [6.45, 7) is 4.09. The number of nitrogens with one attached hydrogen (secondary N) is 2. The maximum absolute atomic E-state index is 12.5. The van der Waals surface area contributed by atoms with Gasteiger partial charge in [-0.05, 0) is 50.5 Å². The standard InChI is InChI=1S/C19H27N3O2/c23-18-14-16(15-8-3-4-9-17(15)21-18)19(24)20-10-7-13-22-11-5-1-2-6-12-22/h3-4,8-9,16H,1-2,5-7,10-14H2,(H,20,24)(H,21,23). The van der Waals surface area contributed by atoms with Crippen LogP contribution in [0.1, 0.15) is 50.0 Å². The third-order valence-corrected chi connectivity index (χ3v) is 4.97. The number of para-hydroxylation sites is 1. The number of fused-ring (bicyclic) bond motifs is 1. The van der Waals surface area contributed by atoms with Gasteiger partial charge in [-0.15, -0.1) is 0 Å². The summed E-state index contributed by atoms with van der Waals surface area (Å²) in [7, 11) is 0. The van der Waals surface area contributed by atoms with E-state index in [0.29, 0.717) is 6.54 Å². The molecule has 2 N–H and O–H groups in total. The molecule has 1 aromatic rings. The van der Waals surface area contributed by atoms with Crippen LogP contribution in [0.2, 0.25) is 0 Å². The quantitative estimate of drug-likeness (QED) is 0.816. The van der Waals surface area contributed by atoms with Crippen LogP contribution in [0.4, 0.5) is 5.69 Å². The van der Waals surface area contributed by atoms with Crippen molar-refractivity contribution in [1.82, 2.24) is 10.2 Å². The fourth-order valence-corrected chi connectivity index (χ4v) is 3.64. The van der Waals surface area contributed by atoms with Gasteiger partial charge in [-0.3, -0.25) is 9.59 Å². The number of benzene rings is 1. The SMILES string of the molecule is O=C1CC(C(=O)NCCCN2CCCCCC2)c2ccccc2N1. The zero-order chi connectivity index (χ0) is 16.8. The number of amides is 2. The van der Waals surface area contributed by atoms with Crippen molar-refractivity contribution in [2.75, 3.05) is 31.5 Å². The number of rotatable bonds is 5. The van der Waals surface area contributed by atoms with Gasteiger partial charge in [0.1, 0.15) is 0 Å². The Morgan fingerprint density at radius 1 is 1.17 bits per heavy atom. The first-order valence-corrected chi connectivity index (χ1v) is 9.13. The molecule has 0 aliphatic carbocycles. The molecule has 5 heteroatoms. The maximum atomic E-state index is 12.5. The summed E-state index contributed by atoms with van der Waals surface area (Å²) in [6.07, 6.45) is 6.47. The largest absolute Gasteiger partial charge is 0.356 e. The Bertz CT molecular complexity index is 580. The Balaban J connectivity index is 1.47. The summed E-state index contributed by atoms with van der Waals surface area (Å²) in [5, 5.41) is 5.86. The van der Waals surface area contributed by atoms with Crippen molar-refractivity contribution in [2.45, 2.75) is 44.4 Å². The fraction of sp³-hybridized carbons (Fsp3) is 0.579. The predicted molar refractivity (Wildman–Crippen MR) is 95.0 cm³/mol. The van der Waals surface area contributed by atoms with Gasteiger partial charge in [0.25, 0.3) is 0 Å². The highest BCUT2D eigenvalue weighted by atomic mass is 16.2. The van der Waals surface area contributed by atoms with E-state index in [1.807, 2.05) is 24.3 Å². The predicted octanol–water partition coefficient (Wildman–Crippen LogP) is 2.49. The number of carbonyl (C=O) groups is 2. The molecular formula is C19H27N3O2. The van der Waals surface area contributed by atoms with Crippen LogP contribution >= 0.6 is 0 Å². The zero-order valence-corrected chi connectivity index (χ0v) is 14.2. The molecule has 1 unspecified atom stereocenters. The summed E-state index contributed by atoms with van der Waals surface area (Å²) < 4.78 is 0. The number of hydrogen-bond acceptors (Lipinski definition) is 3. The lowest BCUT2D eigenvalue weighted by Gasteiger charge is -2.25. The van der Waals surface area contributed by atoms with Crippen molar-refractivity contribution in [3.63, 3.8) is 0 Å². The molecular weight excluding hydrogens is 302 g/mol. The number of carbonyl (C=O) groups excluding carboxylic acids is 2. The smallest absolute Gasteiger partial charge is 0.228 e. The van der Waals surface area contributed by atoms with E-state index >= 15 is 0 Å². The molecule has 130 valence electrons. The average molecular weight is 329 g/mol. The minimum absolute atomic E-state index is 0.0341. The lowest BCUT2D eigenvalue weighted by Crippen LogP contribution is -2.36. The molecule has 0 spiro atoms. The first-order valence-electron chi connectivity index (χ1n) is 9.13. The van der Waals surface area contributed by atoms with Crippen LogP contribution in [0, 0.1) is 0 Å². The molecule has 0 bridgehead atoms. The summed E-state index contributed by atoms with van der Waals surface area (Å²) in [4.78, 5) is 26.8. The minimum Gasteiger partial charge on any atom is -0.356 e. The fourth-order valence-electron chi connectivity index (χ4n) is 3.64. The second-order valence-corrected chi connectivity index (χ2v) is 6.79. The summed E-state index contributed by atoms with van der Waals surface area (Å²) in [5.41, 5.74) is 1.68. The van der Waals surface area contributed by atoms with Gasteiger partial charge >= 0.3 is 0 Å². The Kier molecular flexibility index (Phi) is 5.86. The van der Waals surface area contributed by atoms with Crippen LogP contribution < -0.4 is 10.6 Å². The number of likely N-dealkylation sites (tertiary alicyclic amines) is 1. The lowest BCUT2D eigenvalue weighted by atomic mass is 9.90. The summed E-state index contributed by atoms with van der Waals surface area (Å²) in [5.74, 6) is -0.486. The highest BCUT2D eigenvalue weighted by Gasteiger charge is 2.30. The van der Waals surface area contributed by atoms with Gasteiger partial charge in [0, 0.05) is 18.7 Å². The van der Waals surface area contributed by atoms with Crippen molar-refractivity contribution in [3.8, 4) is 0 Å². The van der Waals surface area contributed by atoms with Crippen LogP contribution in [0.15, 0.2) is 24.3 Å². The normalized spacial score (nSPS) is 21.5. The second kappa shape index (κ2) is 8.29. The van der Waals surface area contributed by atoms with Crippen LogP contribution in [0.25, 0.3) is 0 Å². The van der Waals surface area contributed by atoms with E-state index in [4.69, 9.17) is 0 Å². The highest BCUT2D eigenvalue weighted by molar-refractivity contribution is 6.01. The Hall–Kier alpha value is -1.88. The maximum Gasteiger partial charge on any atom is 0.228 e. The van der Waals surface area contributed by atoms with Gasteiger partial charge in [-0.2, -0.15) is 0 Å². The molecule has 1 fully saturated rings. The van der Waals surface area contributed by atoms with Gasteiger partial charge in [0.2, 0.25) is 11.8 Å². The molecule has 1 atom stereocenters. The minimum atomic E-state index is -0.367. The van der Waals surface area contributed by atoms with Gasteiger partial charge in [0.05, 0.1) is 5.92 Å². The Labute approximate surface area is 143 Å². The molecule has 1 saturated heterocycles. The van der Waals surface area contributed by atoms with E-state index in [1.54, 1.807) is 0 Å². The zero-order valence-electron chi connectivity index (χ0n) is 14.2. The Morgan fingerprint density at radius 2 is 1.92 bits per heavy atom. The van der Waals surface area contributed by atoms with E-state index in [2.05, 4.69) is 15.5 Å². The first kappa shape index (κ1) is 17.0. The number of hydrogen-bond donors (Lipinski definition) is 2. The van der Waals surface area contributed by atoms with Crippen molar-refractivity contribution < 1.29 is 9.59 Å². The molecule has 3 rings (SSSR count). The molecule has 5 nitrogen and oxygen atoms in total. The van der Waals surface area contributed by atoms with Crippen LogP contribution in [-0.4, -0.2) is 42.9 Å². The van der Waals surface area contributed by atoms with Gasteiger partial charge in [-0.25, -0.2) is 0 Å². The van der Waals surface area contributed by atoms with E-state index in [-0.39, 0.29) is 24.2 Å². The van der Waals surface area contributed by atoms with Gasteiger partial charge in [-0.1, -0.05) is 31.0 Å². The topological polar surface area (TPSA) is 61.4 Å². The molecule has 2 aliphatic heterocycles. The molecule has 2 aliphatic rings. The van der Waals surface area contributed by atoms with Gasteiger partial charge < -0.3 is 15.5 Å². The Morgan fingerprint density at radius 3 is 2.71 bits per heavy atom.